The number of hydrogen-bond donors (Lipinski definition) is 1. The van der Waals surface area contributed by atoms with Gasteiger partial charge in [-0.15, -0.1) is 0 Å². The molecule has 0 spiro atoms. The summed E-state index contributed by atoms with van der Waals surface area (Å²) in [5.41, 5.74) is -2.75. The van der Waals surface area contributed by atoms with Gasteiger partial charge >= 0.3 is 18.4 Å². The highest BCUT2D eigenvalue weighted by molar-refractivity contribution is 6.30. The van der Waals surface area contributed by atoms with Crippen molar-refractivity contribution in [3.05, 3.63) is 71.0 Å². The summed E-state index contributed by atoms with van der Waals surface area (Å²) in [4.78, 5) is 12.0. The molecule has 0 saturated carbocycles. The maximum absolute atomic E-state index is 13.5. The third-order valence-electron chi connectivity index (χ3n) is 3.71. The molecule has 0 fully saturated rings. The molecular formula is C18H10ClF6N3O2. The maximum atomic E-state index is 13.5. The number of carbonyl (C=O) groups is 1. The van der Waals surface area contributed by atoms with Crippen molar-refractivity contribution in [3.8, 4) is 11.4 Å². The largest absolute Gasteiger partial charge is 0.437 e. The topological polar surface area (TPSA) is 56.1 Å². The molecule has 5 nitrogen and oxygen atoms in total. The van der Waals surface area contributed by atoms with Crippen LogP contribution in [-0.4, -0.2) is 15.9 Å². The molecule has 0 radical (unpaired) electrons. The Bertz CT molecular complexity index is 1060. The van der Waals surface area contributed by atoms with E-state index in [1.165, 1.54) is 24.3 Å². The second kappa shape index (κ2) is 7.90. The van der Waals surface area contributed by atoms with Crippen LogP contribution in [0.25, 0.3) is 5.69 Å². The SMILES string of the molecule is O=C(Nc1cccc(C(F)(F)F)c1)Oc1cnn(-c2ccc(Cl)cc2)c1C(F)(F)F. The van der Waals surface area contributed by atoms with Gasteiger partial charge in [-0.25, -0.2) is 9.48 Å². The van der Waals surface area contributed by atoms with Gasteiger partial charge in [0.05, 0.1) is 17.4 Å². The van der Waals surface area contributed by atoms with Crippen LogP contribution in [0.2, 0.25) is 5.02 Å². The summed E-state index contributed by atoms with van der Waals surface area (Å²) < 4.78 is 84.0. The molecule has 0 aliphatic carbocycles. The molecule has 1 aromatic heterocycles. The summed E-state index contributed by atoms with van der Waals surface area (Å²) in [5.74, 6) is -0.929. The number of alkyl halides is 6. The molecule has 158 valence electrons. The monoisotopic (exact) mass is 449 g/mol. The molecule has 1 N–H and O–H groups in total. The number of nitrogens with zero attached hydrogens (tertiary/aromatic N) is 2. The zero-order chi connectivity index (χ0) is 22.1. The van der Waals surface area contributed by atoms with Gasteiger partial charge in [0.2, 0.25) is 0 Å². The third-order valence-corrected chi connectivity index (χ3v) is 3.97. The van der Waals surface area contributed by atoms with E-state index in [0.29, 0.717) is 16.9 Å². The van der Waals surface area contributed by atoms with Crippen molar-refractivity contribution < 1.29 is 35.9 Å². The molecule has 3 aromatic rings. The predicted molar refractivity (Wildman–Crippen MR) is 94.7 cm³/mol. The fourth-order valence-electron chi connectivity index (χ4n) is 2.46. The van der Waals surface area contributed by atoms with E-state index in [1.807, 2.05) is 5.32 Å². The average Bonchev–Trinajstić information content (AvgIpc) is 3.05. The van der Waals surface area contributed by atoms with Crippen LogP contribution in [0, 0.1) is 0 Å². The highest BCUT2D eigenvalue weighted by atomic mass is 35.5. The van der Waals surface area contributed by atoms with Gasteiger partial charge in [0.1, 0.15) is 0 Å². The average molecular weight is 450 g/mol. The highest BCUT2D eigenvalue weighted by Crippen LogP contribution is 2.38. The molecule has 1 amide bonds. The fraction of sp³-hybridized carbons (Fsp3) is 0.111. The summed E-state index contributed by atoms with van der Waals surface area (Å²) in [6.45, 7) is 0. The number of hydrogen-bond acceptors (Lipinski definition) is 3. The van der Waals surface area contributed by atoms with Gasteiger partial charge in [0.25, 0.3) is 0 Å². The van der Waals surface area contributed by atoms with E-state index in [-0.39, 0.29) is 16.4 Å². The number of benzene rings is 2. The molecule has 0 aliphatic rings. The van der Waals surface area contributed by atoms with Crippen molar-refractivity contribution in [2.45, 2.75) is 12.4 Å². The normalized spacial score (nSPS) is 12.0. The van der Waals surface area contributed by atoms with Gasteiger partial charge in [-0.3, -0.25) is 5.32 Å². The molecule has 3 rings (SSSR count). The van der Waals surface area contributed by atoms with Crippen LogP contribution < -0.4 is 10.1 Å². The second-order valence-corrected chi connectivity index (χ2v) is 6.27. The van der Waals surface area contributed by atoms with Crippen molar-refractivity contribution in [2.75, 3.05) is 5.32 Å². The van der Waals surface area contributed by atoms with Crippen molar-refractivity contribution in [1.29, 1.82) is 0 Å². The van der Waals surface area contributed by atoms with E-state index in [0.717, 1.165) is 18.2 Å². The van der Waals surface area contributed by atoms with E-state index in [1.54, 1.807) is 0 Å². The van der Waals surface area contributed by atoms with Crippen LogP contribution in [0.1, 0.15) is 11.3 Å². The first-order valence-corrected chi connectivity index (χ1v) is 8.40. The Morgan fingerprint density at radius 1 is 1.00 bits per heavy atom. The quantitative estimate of drug-likeness (QED) is 0.486. The van der Waals surface area contributed by atoms with Crippen LogP contribution in [0.3, 0.4) is 0 Å². The third kappa shape index (κ3) is 4.85. The number of halogens is 7. The zero-order valence-electron chi connectivity index (χ0n) is 14.6. The maximum Gasteiger partial charge on any atom is 0.437 e. The Labute approximate surface area is 169 Å². The van der Waals surface area contributed by atoms with E-state index in [2.05, 4.69) is 9.84 Å². The minimum Gasteiger partial charge on any atom is -0.406 e. The van der Waals surface area contributed by atoms with Crippen molar-refractivity contribution in [3.63, 3.8) is 0 Å². The molecule has 0 bridgehead atoms. The van der Waals surface area contributed by atoms with Crippen molar-refractivity contribution in [1.82, 2.24) is 9.78 Å². The Kier molecular flexibility index (Phi) is 5.66. The first-order chi connectivity index (χ1) is 13.9. The van der Waals surface area contributed by atoms with Crippen molar-refractivity contribution in [2.24, 2.45) is 0 Å². The number of anilines is 1. The van der Waals surface area contributed by atoms with Gasteiger partial charge in [0.15, 0.2) is 11.4 Å². The number of amides is 1. The van der Waals surface area contributed by atoms with Crippen molar-refractivity contribution >= 4 is 23.4 Å². The summed E-state index contributed by atoms with van der Waals surface area (Å²) in [6.07, 6.45) is -10.4. The van der Waals surface area contributed by atoms with Gasteiger partial charge in [-0.1, -0.05) is 17.7 Å². The van der Waals surface area contributed by atoms with E-state index >= 15 is 0 Å². The number of nitrogens with one attached hydrogen (secondary N) is 1. The van der Waals surface area contributed by atoms with Gasteiger partial charge in [0, 0.05) is 10.7 Å². The van der Waals surface area contributed by atoms with E-state index in [4.69, 9.17) is 11.6 Å². The van der Waals surface area contributed by atoms with Crippen LogP contribution in [0.4, 0.5) is 36.8 Å². The van der Waals surface area contributed by atoms with Crippen LogP contribution >= 0.6 is 11.6 Å². The zero-order valence-corrected chi connectivity index (χ0v) is 15.3. The Balaban J connectivity index is 1.86. The lowest BCUT2D eigenvalue weighted by Gasteiger charge is -2.13. The Morgan fingerprint density at radius 2 is 1.67 bits per heavy atom. The molecule has 30 heavy (non-hydrogen) atoms. The van der Waals surface area contributed by atoms with Crippen LogP contribution in [0.5, 0.6) is 5.75 Å². The first kappa shape index (κ1) is 21.5. The highest BCUT2D eigenvalue weighted by Gasteiger charge is 2.40. The van der Waals surface area contributed by atoms with Crippen LogP contribution in [0.15, 0.2) is 54.7 Å². The molecule has 2 aromatic carbocycles. The molecule has 0 aliphatic heterocycles. The second-order valence-electron chi connectivity index (χ2n) is 5.84. The number of carbonyl (C=O) groups excluding carboxylic acids is 1. The summed E-state index contributed by atoms with van der Waals surface area (Å²) in [7, 11) is 0. The molecule has 12 heteroatoms. The van der Waals surface area contributed by atoms with Crippen LogP contribution in [-0.2, 0) is 12.4 Å². The predicted octanol–water partition coefficient (Wildman–Crippen LogP) is 6.17. The molecule has 0 saturated heterocycles. The lowest BCUT2D eigenvalue weighted by molar-refractivity contribution is -0.143. The van der Waals surface area contributed by atoms with Gasteiger partial charge in [-0.2, -0.15) is 31.4 Å². The summed E-state index contributed by atoms with van der Waals surface area (Å²) >= 11 is 5.72. The van der Waals surface area contributed by atoms with E-state index in [9.17, 15) is 31.1 Å². The Hall–Kier alpha value is -3.21. The summed E-state index contributed by atoms with van der Waals surface area (Å²) in [5, 5.41) is 5.83. The summed E-state index contributed by atoms with van der Waals surface area (Å²) in [6, 6.07) is 8.78. The smallest absolute Gasteiger partial charge is 0.406 e. The molecule has 0 atom stereocenters. The first-order valence-electron chi connectivity index (χ1n) is 8.02. The lowest BCUT2D eigenvalue weighted by atomic mass is 10.2. The van der Waals surface area contributed by atoms with E-state index < -0.39 is 35.5 Å². The Morgan fingerprint density at radius 3 is 2.27 bits per heavy atom. The standard InChI is InChI=1S/C18H10ClF6N3O2/c19-11-4-6-13(7-5-11)28-15(18(23,24)25)14(9-26-28)30-16(29)27-12-3-1-2-10(8-12)17(20,21)22/h1-9H,(H,27,29). The van der Waals surface area contributed by atoms with Gasteiger partial charge < -0.3 is 4.74 Å². The molecule has 1 heterocycles. The number of aromatic nitrogens is 2. The number of ether oxygens (including phenoxy) is 1. The minimum atomic E-state index is -4.96. The lowest BCUT2D eigenvalue weighted by Crippen LogP contribution is -2.20. The fourth-order valence-corrected chi connectivity index (χ4v) is 2.59. The molecular weight excluding hydrogens is 440 g/mol. The molecule has 0 unspecified atom stereocenters. The number of rotatable bonds is 3. The minimum absolute atomic E-state index is 0.000128. The van der Waals surface area contributed by atoms with Gasteiger partial charge in [-0.05, 0) is 42.5 Å².